The van der Waals surface area contributed by atoms with Gasteiger partial charge in [0.15, 0.2) is 11.6 Å². The van der Waals surface area contributed by atoms with Crippen LogP contribution in [0.1, 0.15) is 81.8 Å². The number of aliphatic carboxylic acids is 2. The third-order valence-corrected chi connectivity index (χ3v) is 15.0. The molecule has 0 spiro atoms. The van der Waals surface area contributed by atoms with Gasteiger partial charge in [-0.2, -0.15) is 27.0 Å². The number of ether oxygens (including phenoxy) is 1. The van der Waals surface area contributed by atoms with Crippen LogP contribution in [0, 0.1) is 0 Å². The van der Waals surface area contributed by atoms with Gasteiger partial charge in [-0.3, -0.25) is 9.59 Å². The van der Waals surface area contributed by atoms with Crippen LogP contribution < -0.4 is 15.4 Å². The minimum atomic E-state index is -1.08. The molecule has 0 unspecified atom stereocenters. The average Bonchev–Trinajstić information content (AvgIpc) is 4.10. The van der Waals surface area contributed by atoms with E-state index in [1.165, 1.54) is 22.7 Å². The molecule has 4 aromatic carbocycles. The fourth-order valence-electron chi connectivity index (χ4n) is 7.36. The predicted octanol–water partition coefficient (Wildman–Crippen LogP) is 12.2. The molecule has 4 heterocycles. The standard InChI is InChI=1S/C35H33N3O4S.C22H22BrN3O3S.2H2S/c1-35(2,3)31-18-17-30(43-31)33(39)38-29(34(40)41)19-22-5-7-26(8-6-22)32-36-20-27(21-37-32)25-11-9-23(10-12-25)24-13-15-28(42-4)16-14-24;1-22(2,3)18-9-8-17(30-18)20(27)26-16(21(28)29)10-13-4-6-14(7-5-13)19-24-11-15(23)12-25-19;;/h5-18,20-21,29H,19H2,1-4H3,(H,38,39)(H,40,41);4-9,11-12,16H,10H2,1-3H3,(H,26,27)(H,28,29);2*1H2/t29-;16-;;/m00../s1. The number of amides is 2. The van der Waals surface area contributed by atoms with Crippen molar-refractivity contribution < 1.29 is 34.1 Å². The Morgan fingerprint density at radius 3 is 1.17 bits per heavy atom. The van der Waals surface area contributed by atoms with E-state index in [2.05, 4.69) is 100 Å². The first kappa shape index (κ1) is 59.2. The first-order valence-corrected chi connectivity index (χ1v) is 25.7. The van der Waals surface area contributed by atoms with Gasteiger partial charge in [-0.15, -0.1) is 22.7 Å². The molecule has 18 heteroatoms. The number of thiophene rings is 2. The molecule has 0 aliphatic heterocycles. The zero-order valence-corrected chi connectivity index (χ0v) is 47.6. The lowest BCUT2D eigenvalue weighted by molar-refractivity contribution is -0.140. The number of rotatable bonds is 15. The molecule has 0 aliphatic carbocycles. The average molecular weight is 1150 g/mol. The Kier molecular flexibility index (Phi) is 20.7. The van der Waals surface area contributed by atoms with Crippen LogP contribution in [-0.4, -0.2) is 73.1 Å². The highest BCUT2D eigenvalue weighted by atomic mass is 79.9. The van der Waals surface area contributed by atoms with Gasteiger partial charge in [0.2, 0.25) is 0 Å². The molecular formula is C57H59BrN6O7S4. The molecule has 0 radical (unpaired) electrons. The molecule has 390 valence electrons. The number of carboxylic acids is 2. The summed E-state index contributed by atoms with van der Waals surface area (Å²) in [5.41, 5.74) is 7.22. The number of aromatic nitrogens is 4. The number of halogens is 1. The van der Waals surface area contributed by atoms with Crippen molar-refractivity contribution in [3.63, 3.8) is 0 Å². The van der Waals surface area contributed by atoms with E-state index >= 15 is 0 Å². The van der Waals surface area contributed by atoms with Crippen molar-refractivity contribution in [1.82, 2.24) is 30.6 Å². The third kappa shape index (κ3) is 16.2. The monoisotopic (exact) mass is 1150 g/mol. The molecule has 2 amide bonds. The van der Waals surface area contributed by atoms with Gasteiger partial charge in [-0.05, 0) is 91.0 Å². The summed E-state index contributed by atoms with van der Waals surface area (Å²) in [5.74, 6) is -0.932. The Bertz CT molecular complexity index is 3170. The fourth-order valence-corrected chi connectivity index (χ4v) is 9.50. The van der Waals surface area contributed by atoms with Gasteiger partial charge in [0.1, 0.15) is 17.8 Å². The first-order valence-electron chi connectivity index (χ1n) is 23.2. The van der Waals surface area contributed by atoms with Gasteiger partial charge in [0.25, 0.3) is 11.8 Å². The Balaban J connectivity index is 0.000000287. The fraction of sp³-hybridized carbons (Fsp3) is 0.228. The summed E-state index contributed by atoms with van der Waals surface area (Å²) >= 11 is 6.07. The SMILES string of the molecule is CC(C)(C)c1ccc(C(=O)N[C@@H](Cc2ccc(-c3ncc(Br)cn3)cc2)C(=O)O)s1.COc1ccc(-c2ccc(-c3cnc(-c4ccc(C[C@H](NC(=O)c5ccc(C(C)(C)C)s5)C(=O)O)cc4)nc3)cc2)cc1.S.S. The van der Waals surface area contributed by atoms with Gasteiger partial charge in [0, 0.05) is 64.1 Å². The summed E-state index contributed by atoms with van der Waals surface area (Å²) in [6, 6.07) is 36.2. The number of hydrogen-bond donors (Lipinski definition) is 4. The summed E-state index contributed by atoms with van der Waals surface area (Å²) in [6.45, 7) is 12.4. The maximum absolute atomic E-state index is 12.8. The first-order chi connectivity index (χ1) is 34.7. The molecule has 0 saturated carbocycles. The van der Waals surface area contributed by atoms with Crippen molar-refractivity contribution in [2.75, 3.05) is 7.11 Å². The van der Waals surface area contributed by atoms with Gasteiger partial charge >= 0.3 is 11.9 Å². The van der Waals surface area contributed by atoms with Crippen LogP contribution in [0.4, 0.5) is 0 Å². The molecular weight excluding hydrogens is 1090 g/mol. The lowest BCUT2D eigenvalue weighted by Crippen LogP contribution is -2.42. The summed E-state index contributed by atoms with van der Waals surface area (Å²) in [6.07, 6.45) is 7.27. The molecule has 0 saturated heterocycles. The lowest BCUT2D eigenvalue weighted by Gasteiger charge is -2.16. The molecule has 0 fully saturated rings. The minimum absolute atomic E-state index is 0. The normalized spacial score (nSPS) is 11.8. The molecule has 8 aromatic rings. The maximum atomic E-state index is 12.8. The highest BCUT2D eigenvalue weighted by Crippen LogP contribution is 2.32. The van der Waals surface area contributed by atoms with Crippen LogP contribution in [0.25, 0.3) is 45.0 Å². The smallest absolute Gasteiger partial charge is 0.326 e. The molecule has 4 N–H and O–H groups in total. The second-order valence-electron chi connectivity index (χ2n) is 19.2. The highest BCUT2D eigenvalue weighted by Gasteiger charge is 2.26. The number of hydrogen-bond acceptors (Lipinski definition) is 11. The number of benzene rings is 4. The molecule has 0 aliphatic rings. The number of nitrogens with zero attached hydrogens (tertiary/aromatic N) is 4. The predicted molar refractivity (Wildman–Crippen MR) is 312 cm³/mol. The molecule has 8 rings (SSSR count). The second kappa shape index (κ2) is 26.2. The van der Waals surface area contributed by atoms with E-state index in [-0.39, 0.29) is 62.5 Å². The Hall–Kier alpha value is -6.70. The van der Waals surface area contributed by atoms with Gasteiger partial charge in [-0.25, -0.2) is 29.5 Å². The molecule has 13 nitrogen and oxygen atoms in total. The van der Waals surface area contributed by atoms with Crippen LogP contribution in [0.2, 0.25) is 0 Å². The summed E-state index contributed by atoms with van der Waals surface area (Å²) in [7, 11) is 1.65. The van der Waals surface area contributed by atoms with Crippen molar-refractivity contribution in [1.29, 1.82) is 0 Å². The zero-order valence-electron chi connectivity index (χ0n) is 42.3. The van der Waals surface area contributed by atoms with Crippen molar-refractivity contribution in [2.24, 2.45) is 0 Å². The van der Waals surface area contributed by atoms with Crippen molar-refractivity contribution >= 4 is 89.3 Å². The van der Waals surface area contributed by atoms with E-state index in [1.54, 1.807) is 44.0 Å². The quantitative estimate of drug-likeness (QED) is 0.0763. The van der Waals surface area contributed by atoms with Gasteiger partial charge < -0.3 is 25.6 Å². The van der Waals surface area contributed by atoms with E-state index in [0.717, 1.165) is 64.5 Å². The van der Waals surface area contributed by atoms with Crippen molar-refractivity contribution in [3.05, 3.63) is 181 Å². The number of carbonyl (C=O) groups excluding carboxylic acids is 2. The number of methoxy groups -OCH3 is 1. The lowest BCUT2D eigenvalue weighted by atomic mass is 9.95. The van der Waals surface area contributed by atoms with Crippen LogP contribution in [0.5, 0.6) is 5.75 Å². The van der Waals surface area contributed by atoms with Crippen LogP contribution in [-0.2, 0) is 33.3 Å². The number of carboxylic acid groups (broad SMARTS) is 2. The zero-order chi connectivity index (χ0) is 52.5. The molecule has 4 aromatic heterocycles. The largest absolute Gasteiger partial charge is 0.497 e. The molecule has 75 heavy (non-hydrogen) atoms. The number of carbonyl (C=O) groups is 4. The second-order valence-corrected chi connectivity index (χ2v) is 22.3. The maximum Gasteiger partial charge on any atom is 0.326 e. The Morgan fingerprint density at radius 1 is 0.507 bits per heavy atom. The molecule has 2 atom stereocenters. The molecule has 0 bridgehead atoms. The number of nitrogens with one attached hydrogen (secondary N) is 2. The van der Waals surface area contributed by atoms with Crippen LogP contribution >= 0.6 is 65.6 Å². The minimum Gasteiger partial charge on any atom is -0.497 e. The summed E-state index contributed by atoms with van der Waals surface area (Å²) < 4.78 is 6.03. The van der Waals surface area contributed by atoms with Crippen LogP contribution in [0.15, 0.2) is 151 Å². The summed E-state index contributed by atoms with van der Waals surface area (Å²) in [4.78, 5) is 69.8. The Morgan fingerprint density at radius 2 is 0.840 bits per heavy atom. The highest BCUT2D eigenvalue weighted by molar-refractivity contribution is 9.10. The van der Waals surface area contributed by atoms with E-state index in [1.807, 2.05) is 97.1 Å². The topological polar surface area (TPSA) is 194 Å². The van der Waals surface area contributed by atoms with E-state index in [9.17, 15) is 29.4 Å². The van der Waals surface area contributed by atoms with Crippen LogP contribution in [0.3, 0.4) is 0 Å². The third-order valence-electron chi connectivity index (χ3n) is 11.6. The van der Waals surface area contributed by atoms with Gasteiger partial charge in [0.05, 0.1) is 21.3 Å². The Labute approximate surface area is 467 Å². The van der Waals surface area contributed by atoms with Crippen molar-refractivity contribution in [2.45, 2.75) is 77.3 Å². The van der Waals surface area contributed by atoms with E-state index in [4.69, 9.17) is 4.74 Å². The summed E-state index contributed by atoms with van der Waals surface area (Å²) in [5, 5.41) is 24.7. The van der Waals surface area contributed by atoms with E-state index in [0.29, 0.717) is 21.4 Å². The van der Waals surface area contributed by atoms with E-state index < -0.39 is 24.0 Å². The van der Waals surface area contributed by atoms with Crippen molar-refractivity contribution in [3.8, 4) is 50.8 Å². The van der Waals surface area contributed by atoms with Gasteiger partial charge in [-0.1, -0.05) is 126 Å².